The minimum Gasteiger partial charge on any atom is -0.348 e. The van der Waals surface area contributed by atoms with Crippen molar-refractivity contribution in [3.63, 3.8) is 0 Å². The first kappa shape index (κ1) is 17.5. The molecule has 1 amide bonds. The third-order valence-corrected chi connectivity index (χ3v) is 5.10. The van der Waals surface area contributed by atoms with Crippen LogP contribution in [-0.2, 0) is 6.54 Å². The molecule has 0 spiro atoms. The summed E-state index contributed by atoms with van der Waals surface area (Å²) in [6.45, 7) is 4.06. The second-order valence-electron chi connectivity index (χ2n) is 6.96. The van der Waals surface area contributed by atoms with Crippen LogP contribution in [0.1, 0.15) is 71.1 Å². The summed E-state index contributed by atoms with van der Waals surface area (Å²) < 4.78 is 1.96. The van der Waals surface area contributed by atoms with E-state index in [4.69, 9.17) is 0 Å². The average Bonchev–Trinajstić information content (AvgIpc) is 2.94. The second-order valence-corrected chi connectivity index (χ2v) is 6.96. The molecule has 0 aliphatic heterocycles. The first-order valence-electron chi connectivity index (χ1n) is 9.12. The maximum Gasteiger partial charge on any atom is 0.268 e. The molecule has 2 aromatic rings. The molecule has 25 heavy (non-hydrogen) atoms. The molecule has 1 aromatic heterocycles. The van der Waals surface area contributed by atoms with Crippen molar-refractivity contribution in [2.45, 2.75) is 58.5 Å². The van der Waals surface area contributed by atoms with E-state index in [0.717, 1.165) is 24.1 Å². The predicted octanol–water partition coefficient (Wildman–Crippen LogP) is 4.11. The summed E-state index contributed by atoms with van der Waals surface area (Å²) in [6.07, 6.45) is 5.69. The third kappa shape index (κ3) is 4.01. The molecule has 0 atom stereocenters. The Morgan fingerprint density at radius 2 is 1.80 bits per heavy atom. The zero-order chi connectivity index (χ0) is 17.8. The molecule has 1 heterocycles. The molecule has 1 aliphatic rings. The van der Waals surface area contributed by atoms with Gasteiger partial charge in [-0.1, -0.05) is 49.6 Å². The molecule has 0 radical (unpaired) electrons. The number of Topliss-reactive ketones (excluding diaryl/α,β-unsaturated/α-hetero) is 1. The Morgan fingerprint density at radius 1 is 1.12 bits per heavy atom. The van der Waals surface area contributed by atoms with Crippen LogP contribution in [0.15, 0.2) is 36.4 Å². The Labute approximate surface area is 149 Å². The van der Waals surface area contributed by atoms with Gasteiger partial charge in [0, 0.05) is 23.8 Å². The van der Waals surface area contributed by atoms with E-state index in [2.05, 4.69) is 5.32 Å². The van der Waals surface area contributed by atoms with Crippen LogP contribution in [-0.4, -0.2) is 22.3 Å². The van der Waals surface area contributed by atoms with E-state index >= 15 is 0 Å². The van der Waals surface area contributed by atoms with Crippen LogP contribution in [0.25, 0.3) is 0 Å². The molecule has 132 valence electrons. The van der Waals surface area contributed by atoms with Gasteiger partial charge in [0.2, 0.25) is 0 Å². The van der Waals surface area contributed by atoms with Crippen molar-refractivity contribution in [1.29, 1.82) is 0 Å². The van der Waals surface area contributed by atoms with Gasteiger partial charge in [-0.3, -0.25) is 9.59 Å². The molecule has 1 N–H and O–H groups in total. The van der Waals surface area contributed by atoms with Crippen LogP contribution in [0.5, 0.6) is 0 Å². The molecule has 0 unspecified atom stereocenters. The molecule has 0 saturated heterocycles. The fourth-order valence-corrected chi connectivity index (χ4v) is 3.67. The zero-order valence-corrected chi connectivity index (χ0v) is 15.0. The zero-order valence-electron chi connectivity index (χ0n) is 15.0. The summed E-state index contributed by atoms with van der Waals surface area (Å²) in [4.78, 5) is 24.8. The van der Waals surface area contributed by atoms with Gasteiger partial charge in [-0.05, 0) is 38.3 Å². The van der Waals surface area contributed by atoms with E-state index in [1.165, 1.54) is 19.3 Å². The summed E-state index contributed by atoms with van der Waals surface area (Å²) >= 11 is 0. The normalized spacial score (nSPS) is 15.1. The maximum absolute atomic E-state index is 12.9. The number of nitrogens with zero attached hydrogens (tertiary/aromatic N) is 1. The first-order valence-corrected chi connectivity index (χ1v) is 9.12. The Kier molecular flexibility index (Phi) is 5.37. The second kappa shape index (κ2) is 7.68. The number of ketones is 1. The molecule has 3 rings (SSSR count). The van der Waals surface area contributed by atoms with E-state index in [-0.39, 0.29) is 17.7 Å². The van der Waals surface area contributed by atoms with Gasteiger partial charge >= 0.3 is 0 Å². The van der Waals surface area contributed by atoms with Gasteiger partial charge in [0.1, 0.15) is 5.69 Å². The largest absolute Gasteiger partial charge is 0.348 e. The molecule has 1 saturated carbocycles. The number of benzene rings is 1. The molecular formula is C21H26N2O2. The lowest BCUT2D eigenvalue weighted by atomic mass is 9.95. The van der Waals surface area contributed by atoms with Gasteiger partial charge in [0.15, 0.2) is 5.78 Å². The number of hydrogen-bond donors (Lipinski definition) is 1. The lowest BCUT2D eigenvalue weighted by Gasteiger charge is -2.23. The van der Waals surface area contributed by atoms with Crippen molar-refractivity contribution < 1.29 is 9.59 Å². The number of rotatable bonds is 5. The van der Waals surface area contributed by atoms with Crippen LogP contribution in [0.3, 0.4) is 0 Å². The highest BCUT2D eigenvalue weighted by Crippen LogP contribution is 2.21. The molecule has 1 fully saturated rings. The van der Waals surface area contributed by atoms with Crippen LogP contribution >= 0.6 is 0 Å². The molecule has 1 aliphatic carbocycles. The van der Waals surface area contributed by atoms with E-state index in [1.54, 1.807) is 13.0 Å². The van der Waals surface area contributed by atoms with Crippen molar-refractivity contribution in [1.82, 2.24) is 9.88 Å². The summed E-state index contributed by atoms with van der Waals surface area (Å²) in [6, 6.07) is 12.0. The Bertz CT molecular complexity index is 756. The van der Waals surface area contributed by atoms with Gasteiger partial charge in [0.05, 0.1) is 0 Å². The highest BCUT2D eigenvalue weighted by Gasteiger charge is 2.22. The number of carbonyl (C=O) groups excluding carboxylic acids is 2. The average molecular weight is 338 g/mol. The van der Waals surface area contributed by atoms with Crippen LogP contribution < -0.4 is 5.32 Å². The van der Waals surface area contributed by atoms with E-state index in [0.29, 0.717) is 17.8 Å². The molecule has 1 aromatic carbocycles. The number of amides is 1. The fraction of sp³-hybridized carbons (Fsp3) is 0.429. The van der Waals surface area contributed by atoms with Crippen molar-refractivity contribution in [3.8, 4) is 0 Å². The minimum absolute atomic E-state index is 0.00368. The van der Waals surface area contributed by atoms with Crippen LogP contribution in [0.4, 0.5) is 0 Å². The molecule has 4 nitrogen and oxygen atoms in total. The highest BCUT2D eigenvalue weighted by atomic mass is 16.2. The van der Waals surface area contributed by atoms with E-state index in [1.807, 2.05) is 41.8 Å². The fourth-order valence-electron chi connectivity index (χ4n) is 3.67. The SMILES string of the molecule is CC(=O)c1cc(C(=O)NC2CCCCC2)n(Cc2ccccc2)c1C. The number of carbonyl (C=O) groups is 2. The van der Waals surface area contributed by atoms with Gasteiger partial charge < -0.3 is 9.88 Å². The van der Waals surface area contributed by atoms with E-state index in [9.17, 15) is 9.59 Å². The van der Waals surface area contributed by atoms with Crippen LogP contribution in [0, 0.1) is 6.92 Å². The van der Waals surface area contributed by atoms with Crippen molar-refractivity contribution in [3.05, 3.63) is 58.9 Å². The van der Waals surface area contributed by atoms with Crippen molar-refractivity contribution >= 4 is 11.7 Å². The Hall–Kier alpha value is -2.36. The van der Waals surface area contributed by atoms with Crippen molar-refractivity contribution in [2.24, 2.45) is 0 Å². The molecular weight excluding hydrogens is 312 g/mol. The quantitative estimate of drug-likeness (QED) is 0.834. The Morgan fingerprint density at radius 3 is 2.44 bits per heavy atom. The van der Waals surface area contributed by atoms with Gasteiger partial charge in [0.25, 0.3) is 5.91 Å². The maximum atomic E-state index is 12.9. The summed E-state index contributed by atoms with van der Waals surface area (Å²) in [5.41, 5.74) is 3.18. The smallest absolute Gasteiger partial charge is 0.268 e. The van der Waals surface area contributed by atoms with E-state index < -0.39 is 0 Å². The highest BCUT2D eigenvalue weighted by molar-refractivity contribution is 6.00. The third-order valence-electron chi connectivity index (χ3n) is 5.10. The minimum atomic E-state index is -0.0709. The lowest BCUT2D eigenvalue weighted by Crippen LogP contribution is -2.37. The number of hydrogen-bond acceptors (Lipinski definition) is 2. The summed E-state index contributed by atoms with van der Waals surface area (Å²) in [5, 5.41) is 3.17. The number of aromatic nitrogens is 1. The molecule has 0 bridgehead atoms. The van der Waals surface area contributed by atoms with Crippen molar-refractivity contribution in [2.75, 3.05) is 0 Å². The van der Waals surface area contributed by atoms with Gasteiger partial charge in [-0.15, -0.1) is 0 Å². The van der Waals surface area contributed by atoms with Gasteiger partial charge in [-0.25, -0.2) is 0 Å². The predicted molar refractivity (Wildman–Crippen MR) is 99.1 cm³/mol. The number of nitrogens with one attached hydrogen (secondary N) is 1. The Balaban J connectivity index is 1.89. The van der Waals surface area contributed by atoms with Gasteiger partial charge in [-0.2, -0.15) is 0 Å². The molecule has 4 heteroatoms. The lowest BCUT2D eigenvalue weighted by molar-refractivity contribution is 0.0918. The first-order chi connectivity index (χ1) is 12.1. The monoisotopic (exact) mass is 338 g/mol. The summed E-state index contributed by atoms with van der Waals surface area (Å²) in [7, 11) is 0. The van der Waals surface area contributed by atoms with Crippen LogP contribution in [0.2, 0.25) is 0 Å². The summed E-state index contributed by atoms with van der Waals surface area (Å²) in [5.74, 6) is -0.0746. The standard InChI is InChI=1S/C21H26N2O2/c1-15-19(16(2)24)13-20(21(25)22-18-11-7-4-8-12-18)23(15)14-17-9-5-3-6-10-17/h3,5-6,9-10,13,18H,4,7-8,11-12,14H2,1-2H3,(H,22,25). The topological polar surface area (TPSA) is 51.1 Å².